The zero-order valence-electron chi connectivity index (χ0n) is 43.8. The molecular weight excluding hydrogens is 864 g/mol. The van der Waals surface area contributed by atoms with Crippen LogP contribution in [0.1, 0.15) is 181 Å². The Kier molecular flexibility index (Phi) is 46.3. The molecule has 0 radical (unpaired) electrons. The number of hydrogen-bond donors (Lipinski definition) is 3. The van der Waals surface area contributed by atoms with E-state index < -0.39 is 20.0 Å². The molecule has 0 aromatic carbocycles. The van der Waals surface area contributed by atoms with Crippen LogP contribution in [-0.2, 0) is 18.4 Å². The maximum atomic E-state index is 12.9. The van der Waals surface area contributed by atoms with Gasteiger partial charge in [0.25, 0.3) is 0 Å². The molecule has 1 amide bonds. The molecule has 0 saturated heterocycles. The maximum absolute atomic E-state index is 12.9. The minimum absolute atomic E-state index is 0.0463. The Hall–Kier alpha value is -3.36. The maximum Gasteiger partial charge on any atom is 0.472 e. The number of aliphatic hydroxyl groups excluding tert-OH is 1. The van der Waals surface area contributed by atoms with Gasteiger partial charge in [0, 0.05) is 6.42 Å². The van der Waals surface area contributed by atoms with Crippen LogP contribution in [0.5, 0.6) is 0 Å². The fourth-order valence-corrected chi connectivity index (χ4v) is 7.43. The van der Waals surface area contributed by atoms with Gasteiger partial charge >= 0.3 is 7.82 Å². The first-order valence-electron chi connectivity index (χ1n) is 26.6. The molecule has 3 unspecified atom stereocenters. The van der Waals surface area contributed by atoms with Gasteiger partial charge in [0.15, 0.2) is 0 Å². The Morgan fingerprint density at radius 3 is 1.35 bits per heavy atom. The molecule has 0 fully saturated rings. The third-order valence-corrected chi connectivity index (χ3v) is 11.8. The lowest BCUT2D eigenvalue weighted by Gasteiger charge is -2.25. The average Bonchev–Trinajstić information content (AvgIpc) is 3.30. The number of rotatable bonds is 46. The number of carbonyl (C=O) groups is 1. The first-order valence-corrected chi connectivity index (χ1v) is 28.1. The van der Waals surface area contributed by atoms with Crippen molar-refractivity contribution in [2.24, 2.45) is 0 Å². The highest BCUT2D eigenvalue weighted by Gasteiger charge is 2.27. The standard InChI is InChI=1S/C59H99N2O6P/c1-6-8-10-12-14-16-18-19-20-21-22-23-24-25-26-27-28-29-30-31-32-33-34-35-36-37-38-39-40-41-43-45-47-49-51-53-59(63)60-57(56-67-68(64,65)66-55-54-61(3,4)5)58(62)52-50-48-46-44-42-17-15-13-11-9-7-2/h8,10,14,16,19-20,22-23,25-26,28-29,31-32,34-35,37-38,42,44,50,52,57-58,62H,6-7,9,11-13,15,17-18,21,24,27,30,33,36,39-41,43,45-49,51,53-56H2,1-5H3,(H-,60,63,64,65)/p+1/b10-8-,16-14-,20-19-,23-22-,26-25-,29-28-,32-31-,35-34-,38-37-,44-42+,52-50+. The summed E-state index contributed by atoms with van der Waals surface area (Å²) in [6.07, 6.45) is 74.1. The number of phosphoric acid groups is 1. The molecule has 0 saturated carbocycles. The molecule has 0 aromatic rings. The Labute approximate surface area is 417 Å². The Morgan fingerprint density at radius 1 is 0.515 bits per heavy atom. The van der Waals surface area contributed by atoms with Gasteiger partial charge in [-0.25, -0.2) is 4.57 Å². The summed E-state index contributed by atoms with van der Waals surface area (Å²) < 4.78 is 23.5. The average molecular weight is 964 g/mol. The summed E-state index contributed by atoms with van der Waals surface area (Å²) in [6.45, 7) is 4.61. The second kappa shape index (κ2) is 48.7. The van der Waals surface area contributed by atoms with Crippen molar-refractivity contribution in [1.82, 2.24) is 5.32 Å². The number of likely N-dealkylation sites (N-methyl/N-ethyl adjacent to an activating group) is 1. The number of amides is 1. The van der Waals surface area contributed by atoms with Crippen molar-refractivity contribution in [2.75, 3.05) is 40.9 Å². The van der Waals surface area contributed by atoms with E-state index in [4.69, 9.17) is 9.05 Å². The summed E-state index contributed by atoms with van der Waals surface area (Å²) in [5.41, 5.74) is 0. The van der Waals surface area contributed by atoms with Gasteiger partial charge in [0.1, 0.15) is 13.2 Å². The number of phosphoric ester groups is 1. The van der Waals surface area contributed by atoms with Gasteiger partial charge in [0.05, 0.1) is 39.9 Å². The Bertz CT molecular complexity index is 1560. The SMILES string of the molecule is CC/C=C\C/C=C\C/C=C\C/C=C\C/C=C\C/C=C\C/C=C\C/C=C\C/C=C\CCCCCCCCCC(=O)NC(COP(=O)(O)OCC[N+](C)(C)C)C(O)/C=C/CC/C=C/CCCCCCC. The summed E-state index contributed by atoms with van der Waals surface area (Å²) in [4.78, 5) is 23.2. The van der Waals surface area contributed by atoms with Gasteiger partial charge in [-0.05, 0) is 103 Å². The normalized spacial score (nSPS) is 15.1. The highest BCUT2D eigenvalue weighted by molar-refractivity contribution is 7.47. The Morgan fingerprint density at radius 2 is 0.897 bits per heavy atom. The molecule has 0 heterocycles. The van der Waals surface area contributed by atoms with Crippen LogP contribution in [0.15, 0.2) is 134 Å². The molecule has 0 spiro atoms. The highest BCUT2D eigenvalue weighted by Crippen LogP contribution is 2.43. The molecule has 0 aliphatic carbocycles. The summed E-state index contributed by atoms with van der Waals surface area (Å²) in [7, 11) is 1.52. The monoisotopic (exact) mass is 964 g/mol. The van der Waals surface area contributed by atoms with Crippen LogP contribution in [0.2, 0.25) is 0 Å². The molecular formula is C59H100N2O6P+. The second-order valence-corrected chi connectivity index (χ2v) is 20.0. The number of nitrogens with zero attached hydrogens (tertiary/aromatic N) is 1. The lowest BCUT2D eigenvalue weighted by atomic mass is 10.1. The minimum Gasteiger partial charge on any atom is -0.387 e. The first kappa shape index (κ1) is 64.6. The van der Waals surface area contributed by atoms with Gasteiger partial charge in [-0.2, -0.15) is 0 Å². The molecule has 3 atom stereocenters. The van der Waals surface area contributed by atoms with Crippen LogP contribution in [0, 0.1) is 0 Å². The summed E-state index contributed by atoms with van der Waals surface area (Å²) in [5, 5.41) is 13.8. The van der Waals surface area contributed by atoms with Crippen LogP contribution in [0.25, 0.3) is 0 Å². The van der Waals surface area contributed by atoms with E-state index in [0.29, 0.717) is 17.4 Å². The summed E-state index contributed by atoms with van der Waals surface area (Å²) in [6, 6.07) is -0.878. The largest absolute Gasteiger partial charge is 0.472 e. The van der Waals surface area contributed by atoms with E-state index in [1.807, 2.05) is 27.2 Å². The van der Waals surface area contributed by atoms with Crippen molar-refractivity contribution in [3.63, 3.8) is 0 Å². The lowest BCUT2D eigenvalue weighted by molar-refractivity contribution is -0.870. The number of unbranched alkanes of at least 4 members (excludes halogenated alkanes) is 13. The van der Waals surface area contributed by atoms with Crippen LogP contribution >= 0.6 is 7.82 Å². The van der Waals surface area contributed by atoms with Gasteiger partial charge in [-0.15, -0.1) is 0 Å². The fourth-order valence-electron chi connectivity index (χ4n) is 6.69. The number of allylic oxidation sites excluding steroid dienone is 21. The topological polar surface area (TPSA) is 105 Å². The molecule has 3 N–H and O–H groups in total. The fraction of sp³-hybridized carbons (Fsp3) is 0.610. The molecule has 0 aliphatic rings. The van der Waals surface area contributed by atoms with Gasteiger partial charge in [-0.3, -0.25) is 13.8 Å². The van der Waals surface area contributed by atoms with Crippen molar-refractivity contribution in [3.05, 3.63) is 134 Å². The van der Waals surface area contributed by atoms with Gasteiger partial charge < -0.3 is 19.8 Å². The number of aliphatic hydroxyl groups is 1. The molecule has 0 aliphatic heterocycles. The van der Waals surface area contributed by atoms with Crippen molar-refractivity contribution >= 4 is 13.7 Å². The van der Waals surface area contributed by atoms with Crippen LogP contribution < -0.4 is 5.32 Å². The van der Waals surface area contributed by atoms with Crippen molar-refractivity contribution < 1.29 is 32.9 Å². The van der Waals surface area contributed by atoms with E-state index >= 15 is 0 Å². The highest BCUT2D eigenvalue weighted by atomic mass is 31.2. The predicted octanol–water partition coefficient (Wildman–Crippen LogP) is 16.0. The molecule has 386 valence electrons. The zero-order chi connectivity index (χ0) is 49.9. The van der Waals surface area contributed by atoms with Crippen LogP contribution in [0.4, 0.5) is 0 Å². The van der Waals surface area contributed by atoms with Crippen LogP contribution in [-0.4, -0.2) is 73.4 Å². The minimum atomic E-state index is -4.36. The molecule has 9 heteroatoms. The third-order valence-electron chi connectivity index (χ3n) is 10.9. The van der Waals surface area contributed by atoms with Crippen molar-refractivity contribution in [1.29, 1.82) is 0 Å². The molecule has 8 nitrogen and oxygen atoms in total. The van der Waals surface area contributed by atoms with Crippen molar-refractivity contribution in [3.8, 4) is 0 Å². The van der Waals surface area contributed by atoms with E-state index in [1.165, 1.54) is 51.4 Å². The molecule has 0 bridgehead atoms. The first-order chi connectivity index (χ1) is 33.0. The lowest BCUT2D eigenvalue weighted by Crippen LogP contribution is -2.45. The van der Waals surface area contributed by atoms with Crippen LogP contribution in [0.3, 0.4) is 0 Å². The summed E-state index contributed by atoms with van der Waals surface area (Å²) in [5.74, 6) is -0.207. The van der Waals surface area contributed by atoms with E-state index in [9.17, 15) is 19.4 Å². The third kappa shape index (κ3) is 50.5. The van der Waals surface area contributed by atoms with Gasteiger partial charge in [-0.1, -0.05) is 205 Å². The number of nitrogens with one attached hydrogen (secondary N) is 1. The zero-order valence-corrected chi connectivity index (χ0v) is 44.7. The molecule has 0 aromatic heterocycles. The van der Waals surface area contributed by atoms with E-state index in [0.717, 1.165) is 109 Å². The smallest absolute Gasteiger partial charge is 0.387 e. The molecule has 68 heavy (non-hydrogen) atoms. The van der Waals surface area contributed by atoms with E-state index in [-0.39, 0.29) is 19.1 Å². The predicted molar refractivity (Wildman–Crippen MR) is 294 cm³/mol. The molecule has 0 rings (SSSR count). The van der Waals surface area contributed by atoms with Crippen molar-refractivity contribution in [2.45, 2.75) is 193 Å². The second-order valence-electron chi connectivity index (χ2n) is 18.5. The summed E-state index contributed by atoms with van der Waals surface area (Å²) >= 11 is 0. The quantitative estimate of drug-likeness (QED) is 0.0243. The van der Waals surface area contributed by atoms with E-state index in [2.05, 4.69) is 141 Å². The number of carbonyl (C=O) groups excluding carboxylic acids is 1. The number of quaternary nitrogens is 1. The van der Waals surface area contributed by atoms with E-state index in [1.54, 1.807) is 6.08 Å². The Balaban J connectivity index is 4.20. The number of hydrogen-bond acceptors (Lipinski definition) is 5. The van der Waals surface area contributed by atoms with Gasteiger partial charge in [0.2, 0.25) is 5.91 Å².